The van der Waals surface area contributed by atoms with Gasteiger partial charge in [-0.25, -0.2) is 4.98 Å². The minimum atomic E-state index is 0.601. The molecule has 0 bridgehead atoms. The number of ether oxygens (including phenoxy) is 2. The molecule has 2 aromatic rings. The van der Waals surface area contributed by atoms with Crippen LogP contribution in [0.25, 0.3) is 11.3 Å². The molecule has 102 valence electrons. The van der Waals surface area contributed by atoms with E-state index in [4.69, 9.17) is 25.5 Å². The van der Waals surface area contributed by atoms with E-state index in [-0.39, 0.29) is 0 Å². The zero-order valence-electron chi connectivity index (χ0n) is 11.0. The fraction of sp³-hybridized carbons (Fsp3) is 0.357. The quantitative estimate of drug-likeness (QED) is 0.760. The summed E-state index contributed by atoms with van der Waals surface area (Å²) in [6, 6.07) is 5.57. The van der Waals surface area contributed by atoms with Gasteiger partial charge >= 0.3 is 0 Å². The van der Waals surface area contributed by atoms with E-state index in [1.807, 2.05) is 18.2 Å². The van der Waals surface area contributed by atoms with Gasteiger partial charge in [0.25, 0.3) is 0 Å². The molecule has 0 amide bonds. The second-order valence-corrected chi connectivity index (χ2v) is 4.35. The number of aromatic nitrogens is 1. The van der Waals surface area contributed by atoms with Crippen molar-refractivity contribution < 1.29 is 13.9 Å². The summed E-state index contributed by atoms with van der Waals surface area (Å²) < 4.78 is 16.2. The molecule has 2 rings (SSSR count). The Balaban J connectivity index is 2.27. The second kappa shape index (κ2) is 6.48. The molecule has 0 aliphatic carbocycles. The number of halogens is 1. The smallest absolute Gasteiger partial charge is 0.194 e. The summed E-state index contributed by atoms with van der Waals surface area (Å²) in [5, 5.41) is 0. The van der Waals surface area contributed by atoms with E-state index in [2.05, 4.69) is 4.98 Å². The van der Waals surface area contributed by atoms with Crippen molar-refractivity contribution in [3.63, 3.8) is 0 Å². The van der Waals surface area contributed by atoms with Crippen molar-refractivity contribution in [2.45, 2.75) is 12.8 Å². The Morgan fingerprint density at radius 2 is 2.11 bits per heavy atom. The van der Waals surface area contributed by atoms with Crippen LogP contribution in [0.1, 0.15) is 12.3 Å². The number of hydrogen-bond donors (Lipinski definition) is 0. The van der Waals surface area contributed by atoms with E-state index in [0.717, 1.165) is 24.2 Å². The van der Waals surface area contributed by atoms with Crippen LogP contribution >= 0.6 is 11.6 Å². The number of oxazole rings is 1. The monoisotopic (exact) mass is 281 g/mol. The summed E-state index contributed by atoms with van der Waals surface area (Å²) >= 11 is 5.65. The van der Waals surface area contributed by atoms with Crippen molar-refractivity contribution in [3.8, 4) is 22.8 Å². The Morgan fingerprint density at radius 3 is 2.79 bits per heavy atom. The lowest BCUT2D eigenvalue weighted by Crippen LogP contribution is -1.89. The molecular formula is C14H16ClNO3. The van der Waals surface area contributed by atoms with Gasteiger partial charge in [-0.15, -0.1) is 11.6 Å². The van der Waals surface area contributed by atoms with Gasteiger partial charge in [-0.2, -0.15) is 0 Å². The summed E-state index contributed by atoms with van der Waals surface area (Å²) in [6.07, 6.45) is 3.29. The molecule has 4 nitrogen and oxygen atoms in total. The van der Waals surface area contributed by atoms with Crippen molar-refractivity contribution in [1.82, 2.24) is 4.98 Å². The minimum Gasteiger partial charge on any atom is -0.497 e. The van der Waals surface area contributed by atoms with Crippen molar-refractivity contribution >= 4 is 11.6 Å². The highest BCUT2D eigenvalue weighted by Crippen LogP contribution is 2.33. The molecule has 0 aliphatic heterocycles. The van der Waals surface area contributed by atoms with Crippen molar-refractivity contribution in [2.24, 2.45) is 0 Å². The Kier molecular flexibility index (Phi) is 4.68. The molecule has 5 heteroatoms. The fourth-order valence-electron chi connectivity index (χ4n) is 1.77. The molecule has 1 aromatic heterocycles. The second-order valence-electron chi connectivity index (χ2n) is 3.98. The summed E-state index contributed by atoms with van der Waals surface area (Å²) in [5.41, 5.74) is 0.855. The van der Waals surface area contributed by atoms with Gasteiger partial charge in [-0.1, -0.05) is 0 Å². The van der Waals surface area contributed by atoms with E-state index >= 15 is 0 Å². The Morgan fingerprint density at radius 1 is 1.26 bits per heavy atom. The molecule has 0 saturated heterocycles. The van der Waals surface area contributed by atoms with Crippen LogP contribution in [-0.2, 0) is 6.42 Å². The van der Waals surface area contributed by atoms with Gasteiger partial charge in [0.2, 0.25) is 0 Å². The first-order valence-electron chi connectivity index (χ1n) is 6.01. The third-order valence-electron chi connectivity index (χ3n) is 2.75. The lowest BCUT2D eigenvalue weighted by molar-refractivity contribution is 0.394. The van der Waals surface area contributed by atoms with Gasteiger partial charge in [0.15, 0.2) is 11.7 Å². The molecule has 0 N–H and O–H groups in total. The molecule has 1 heterocycles. The number of nitrogens with zero attached hydrogens (tertiary/aromatic N) is 1. The maximum atomic E-state index is 5.70. The standard InChI is InChI=1S/C14H16ClNO3/c1-17-10-5-6-11(12(8-10)18-2)13-9-16-14(19-13)4-3-7-15/h5-6,8-9H,3-4,7H2,1-2H3. The van der Waals surface area contributed by atoms with Gasteiger partial charge in [0, 0.05) is 18.4 Å². The molecule has 0 spiro atoms. The number of rotatable bonds is 6. The summed E-state index contributed by atoms with van der Waals surface area (Å²) in [5.74, 6) is 3.41. The Labute approximate surface area is 117 Å². The first-order chi connectivity index (χ1) is 9.28. The molecule has 0 fully saturated rings. The number of hydrogen-bond acceptors (Lipinski definition) is 4. The van der Waals surface area contributed by atoms with Crippen molar-refractivity contribution in [1.29, 1.82) is 0 Å². The molecule has 0 atom stereocenters. The zero-order chi connectivity index (χ0) is 13.7. The predicted octanol–water partition coefficient (Wildman–Crippen LogP) is 3.53. The van der Waals surface area contributed by atoms with Crippen LogP contribution in [0.4, 0.5) is 0 Å². The lowest BCUT2D eigenvalue weighted by Gasteiger charge is -2.07. The summed E-state index contributed by atoms with van der Waals surface area (Å²) in [7, 11) is 3.23. The number of benzene rings is 1. The highest BCUT2D eigenvalue weighted by atomic mass is 35.5. The predicted molar refractivity (Wildman–Crippen MR) is 74.1 cm³/mol. The molecular weight excluding hydrogens is 266 g/mol. The third kappa shape index (κ3) is 3.20. The zero-order valence-corrected chi connectivity index (χ0v) is 11.7. The summed E-state index contributed by atoms with van der Waals surface area (Å²) in [6.45, 7) is 0. The highest BCUT2D eigenvalue weighted by molar-refractivity contribution is 6.17. The molecule has 1 aromatic carbocycles. The number of alkyl halides is 1. The van der Waals surface area contributed by atoms with E-state index in [9.17, 15) is 0 Å². The van der Waals surface area contributed by atoms with Crippen LogP contribution in [0, 0.1) is 0 Å². The Hall–Kier alpha value is -1.68. The first kappa shape index (κ1) is 13.7. The van der Waals surface area contributed by atoms with Crippen LogP contribution in [0.15, 0.2) is 28.8 Å². The highest BCUT2D eigenvalue weighted by Gasteiger charge is 2.12. The maximum Gasteiger partial charge on any atom is 0.194 e. The normalized spacial score (nSPS) is 10.5. The van der Waals surface area contributed by atoms with E-state index < -0.39 is 0 Å². The maximum absolute atomic E-state index is 5.70. The van der Waals surface area contributed by atoms with Gasteiger partial charge < -0.3 is 13.9 Å². The largest absolute Gasteiger partial charge is 0.497 e. The van der Waals surface area contributed by atoms with E-state index in [0.29, 0.717) is 23.3 Å². The average Bonchev–Trinajstić information content (AvgIpc) is 2.92. The van der Waals surface area contributed by atoms with E-state index in [1.165, 1.54) is 0 Å². The Bertz CT molecular complexity index is 539. The molecule has 0 radical (unpaired) electrons. The fourth-order valence-corrected chi connectivity index (χ4v) is 1.90. The average molecular weight is 282 g/mol. The molecule has 19 heavy (non-hydrogen) atoms. The molecule has 0 aliphatic rings. The number of methoxy groups -OCH3 is 2. The molecule has 0 unspecified atom stereocenters. The minimum absolute atomic E-state index is 0.601. The van der Waals surface area contributed by atoms with Gasteiger partial charge in [-0.3, -0.25) is 0 Å². The topological polar surface area (TPSA) is 44.5 Å². The van der Waals surface area contributed by atoms with Crippen LogP contribution in [0.3, 0.4) is 0 Å². The van der Waals surface area contributed by atoms with Crippen LogP contribution in [0.2, 0.25) is 0 Å². The van der Waals surface area contributed by atoms with Gasteiger partial charge in [-0.05, 0) is 18.6 Å². The van der Waals surface area contributed by atoms with Crippen LogP contribution in [0.5, 0.6) is 11.5 Å². The number of aryl methyl sites for hydroxylation is 1. The van der Waals surface area contributed by atoms with Crippen molar-refractivity contribution in [2.75, 3.05) is 20.1 Å². The lowest BCUT2D eigenvalue weighted by atomic mass is 10.1. The van der Waals surface area contributed by atoms with Gasteiger partial charge in [0.05, 0.1) is 26.0 Å². The van der Waals surface area contributed by atoms with Gasteiger partial charge in [0.1, 0.15) is 11.5 Å². The summed E-state index contributed by atoms with van der Waals surface area (Å²) in [4.78, 5) is 4.24. The van der Waals surface area contributed by atoms with E-state index in [1.54, 1.807) is 20.4 Å². The van der Waals surface area contributed by atoms with Crippen LogP contribution in [-0.4, -0.2) is 25.1 Å². The third-order valence-corrected chi connectivity index (χ3v) is 3.02. The van der Waals surface area contributed by atoms with Crippen LogP contribution < -0.4 is 9.47 Å². The first-order valence-corrected chi connectivity index (χ1v) is 6.55. The van der Waals surface area contributed by atoms with Crippen molar-refractivity contribution in [3.05, 3.63) is 30.3 Å². The SMILES string of the molecule is COc1ccc(-c2cnc(CCCCl)o2)c(OC)c1. The molecule has 0 saturated carbocycles.